The summed E-state index contributed by atoms with van der Waals surface area (Å²) >= 11 is 0. The molecular formula is C11H9N3O3. The van der Waals surface area contributed by atoms with Gasteiger partial charge in [-0.2, -0.15) is 5.10 Å². The van der Waals surface area contributed by atoms with Crippen LogP contribution in [0.3, 0.4) is 0 Å². The lowest BCUT2D eigenvalue weighted by Gasteiger charge is -2.03. The summed E-state index contributed by atoms with van der Waals surface area (Å²) in [6.45, 7) is 1.73. The number of aromatic amines is 1. The molecule has 0 saturated carbocycles. The molecule has 0 aliphatic heterocycles. The van der Waals surface area contributed by atoms with Gasteiger partial charge in [0.1, 0.15) is 0 Å². The minimum atomic E-state index is -0.473. The van der Waals surface area contributed by atoms with Crippen LogP contribution in [0.5, 0.6) is 0 Å². The fourth-order valence-corrected chi connectivity index (χ4v) is 1.55. The van der Waals surface area contributed by atoms with E-state index in [0.29, 0.717) is 16.8 Å². The maximum atomic E-state index is 11.2. The number of nitro benzene ring substituents is 1. The van der Waals surface area contributed by atoms with Gasteiger partial charge >= 0.3 is 0 Å². The van der Waals surface area contributed by atoms with E-state index >= 15 is 0 Å². The van der Waals surface area contributed by atoms with Gasteiger partial charge in [-0.25, -0.2) is 5.10 Å². The second-order valence-electron chi connectivity index (χ2n) is 3.54. The van der Waals surface area contributed by atoms with E-state index in [9.17, 15) is 14.9 Å². The molecule has 1 aromatic carbocycles. The number of aryl methyl sites for hydroxylation is 1. The summed E-state index contributed by atoms with van der Waals surface area (Å²) in [5.74, 6) is 0. The number of aromatic nitrogens is 2. The summed E-state index contributed by atoms with van der Waals surface area (Å²) in [4.78, 5) is 21.4. The van der Waals surface area contributed by atoms with Crippen LogP contribution in [0.4, 0.5) is 5.69 Å². The number of hydrogen-bond acceptors (Lipinski definition) is 4. The van der Waals surface area contributed by atoms with Gasteiger partial charge in [-0.3, -0.25) is 14.9 Å². The molecule has 0 aliphatic carbocycles. The van der Waals surface area contributed by atoms with Gasteiger partial charge in [-0.15, -0.1) is 0 Å². The van der Waals surface area contributed by atoms with E-state index in [4.69, 9.17) is 0 Å². The Hall–Kier alpha value is -2.50. The van der Waals surface area contributed by atoms with Gasteiger partial charge in [0.2, 0.25) is 0 Å². The third kappa shape index (κ3) is 2.20. The van der Waals surface area contributed by atoms with Crippen molar-refractivity contribution in [3.05, 3.63) is 56.5 Å². The van der Waals surface area contributed by atoms with Gasteiger partial charge in [-0.05, 0) is 12.5 Å². The molecule has 17 heavy (non-hydrogen) atoms. The highest BCUT2D eigenvalue weighted by atomic mass is 16.6. The van der Waals surface area contributed by atoms with Crippen LogP contribution in [0, 0.1) is 17.0 Å². The van der Waals surface area contributed by atoms with Crippen molar-refractivity contribution >= 4 is 5.69 Å². The molecule has 0 amide bonds. The molecule has 1 heterocycles. The van der Waals surface area contributed by atoms with E-state index in [-0.39, 0.29) is 11.2 Å². The van der Waals surface area contributed by atoms with Gasteiger partial charge in [-0.1, -0.05) is 12.1 Å². The minimum Gasteiger partial charge on any atom is -0.268 e. The van der Waals surface area contributed by atoms with Crippen LogP contribution >= 0.6 is 0 Å². The molecule has 6 heteroatoms. The second kappa shape index (κ2) is 4.17. The molecule has 86 valence electrons. The van der Waals surface area contributed by atoms with Gasteiger partial charge in [0, 0.05) is 23.8 Å². The number of nitrogens with zero attached hydrogens (tertiary/aromatic N) is 2. The molecule has 0 radical (unpaired) electrons. The Bertz CT molecular complexity index is 634. The van der Waals surface area contributed by atoms with Crippen molar-refractivity contribution in [1.29, 1.82) is 0 Å². The molecule has 0 atom stereocenters. The third-order valence-corrected chi connectivity index (χ3v) is 2.37. The first-order chi connectivity index (χ1) is 8.08. The van der Waals surface area contributed by atoms with E-state index in [1.165, 1.54) is 18.2 Å². The zero-order chi connectivity index (χ0) is 12.4. The Kier molecular flexibility index (Phi) is 2.70. The summed E-state index contributed by atoms with van der Waals surface area (Å²) in [5, 5.41) is 16.8. The third-order valence-electron chi connectivity index (χ3n) is 2.37. The Morgan fingerprint density at radius 2 is 2.12 bits per heavy atom. The minimum absolute atomic E-state index is 0.0119. The molecule has 2 aromatic rings. The van der Waals surface area contributed by atoms with Crippen molar-refractivity contribution in [3.8, 4) is 11.1 Å². The summed E-state index contributed by atoms with van der Waals surface area (Å²) < 4.78 is 0. The molecule has 0 saturated heterocycles. The van der Waals surface area contributed by atoms with Crippen molar-refractivity contribution < 1.29 is 4.92 Å². The van der Waals surface area contributed by atoms with Crippen LogP contribution in [0.25, 0.3) is 11.1 Å². The fourth-order valence-electron chi connectivity index (χ4n) is 1.55. The monoisotopic (exact) mass is 231 g/mol. The van der Waals surface area contributed by atoms with Crippen LogP contribution in [0.1, 0.15) is 5.69 Å². The second-order valence-corrected chi connectivity index (χ2v) is 3.54. The van der Waals surface area contributed by atoms with Gasteiger partial charge < -0.3 is 0 Å². The maximum Gasteiger partial charge on any atom is 0.270 e. The quantitative estimate of drug-likeness (QED) is 0.628. The lowest BCUT2D eigenvalue weighted by molar-refractivity contribution is -0.384. The van der Waals surface area contributed by atoms with Crippen LogP contribution in [0.15, 0.2) is 35.1 Å². The Morgan fingerprint density at radius 1 is 1.35 bits per heavy atom. The molecule has 1 N–H and O–H groups in total. The van der Waals surface area contributed by atoms with Crippen molar-refractivity contribution in [2.45, 2.75) is 6.92 Å². The largest absolute Gasteiger partial charge is 0.270 e. The molecule has 0 fully saturated rings. The maximum absolute atomic E-state index is 11.2. The zero-order valence-electron chi connectivity index (χ0n) is 9.01. The van der Waals surface area contributed by atoms with Crippen molar-refractivity contribution in [2.24, 2.45) is 0 Å². The van der Waals surface area contributed by atoms with E-state index < -0.39 is 4.92 Å². The number of hydrogen-bond donors (Lipinski definition) is 1. The van der Waals surface area contributed by atoms with Crippen molar-refractivity contribution in [3.63, 3.8) is 0 Å². The Balaban J connectivity index is 2.60. The Morgan fingerprint density at radius 3 is 2.82 bits per heavy atom. The van der Waals surface area contributed by atoms with Crippen molar-refractivity contribution in [1.82, 2.24) is 10.2 Å². The first-order valence-electron chi connectivity index (χ1n) is 4.89. The molecule has 0 spiro atoms. The molecule has 0 bridgehead atoms. The summed E-state index contributed by atoms with van der Waals surface area (Å²) in [7, 11) is 0. The fraction of sp³-hybridized carbons (Fsp3) is 0.0909. The van der Waals surface area contributed by atoms with Gasteiger partial charge in [0.15, 0.2) is 0 Å². The predicted octanol–water partition coefficient (Wildman–Crippen LogP) is 1.65. The average molecular weight is 231 g/mol. The standard InChI is InChI=1S/C11H9N3O3/c1-7-10(6-11(15)13-12-7)8-3-2-4-9(5-8)14(16)17/h2-6H,1H3,(H,13,15). The Labute approximate surface area is 96.1 Å². The summed E-state index contributed by atoms with van der Waals surface area (Å²) in [6, 6.07) is 7.48. The first kappa shape index (κ1) is 11.0. The van der Waals surface area contributed by atoms with E-state index in [0.717, 1.165) is 0 Å². The molecule has 6 nitrogen and oxygen atoms in total. The predicted molar refractivity (Wildman–Crippen MR) is 61.7 cm³/mol. The van der Waals surface area contributed by atoms with Gasteiger partial charge in [0.25, 0.3) is 11.2 Å². The highest BCUT2D eigenvalue weighted by Gasteiger charge is 2.09. The van der Waals surface area contributed by atoms with E-state index in [1.807, 2.05) is 0 Å². The number of nitro groups is 1. The highest BCUT2D eigenvalue weighted by Crippen LogP contribution is 2.24. The van der Waals surface area contributed by atoms with Crippen LogP contribution in [0.2, 0.25) is 0 Å². The number of benzene rings is 1. The number of rotatable bonds is 2. The molecule has 1 aromatic heterocycles. The van der Waals surface area contributed by atoms with Gasteiger partial charge in [0.05, 0.1) is 10.6 Å². The van der Waals surface area contributed by atoms with Crippen LogP contribution in [-0.2, 0) is 0 Å². The molecule has 0 aliphatic rings. The number of non-ortho nitro benzene ring substituents is 1. The summed E-state index contributed by atoms with van der Waals surface area (Å²) in [6.07, 6.45) is 0. The number of H-pyrrole nitrogens is 1. The lowest BCUT2D eigenvalue weighted by Crippen LogP contribution is -2.08. The topological polar surface area (TPSA) is 88.9 Å². The highest BCUT2D eigenvalue weighted by molar-refractivity contribution is 5.67. The molecule has 0 unspecified atom stereocenters. The number of nitrogens with one attached hydrogen (secondary N) is 1. The smallest absolute Gasteiger partial charge is 0.268 e. The average Bonchev–Trinajstić information content (AvgIpc) is 2.32. The summed E-state index contributed by atoms with van der Waals surface area (Å²) in [5.41, 5.74) is 1.47. The lowest BCUT2D eigenvalue weighted by atomic mass is 10.0. The molecule has 2 rings (SSSR count). The normalized spacial score (nSPS) is 10.2. The van der Waals surface area contributed by atoms with E-state index in [1.54, 1.807) is 19.1 Å². The van der Waals surface area contributed by atoms with Crippen LogP contribution in [-0.4, -0.2) is 15.1 Å². The first-order valence-corrected chi connectivity index (χ1v) is 4.89. The van der Waals surface area contributed by atoms with E-state index in [2.05, 4.69) is 10.2 Å². The molecular weight excluding hydrogens is 222 g/mol. The van der Waals surface area contributed by atoms with Crippen molar-refractivity contribution in [2.75, 3.05) is 0 Å². The van der Waals surface area contributed by atoms with Crippen LogP contribution < -0.4 is 5.56 Å². The zero-order valence-corrected chi connectivity index (χ0v) is 9.01. The SMILES string of the molecule is Cc1n[nH]c(=O)cc1-c1cccc([N+](=O)[O-])c1.